The largest absolute Gasteiger partial charge is 0.504 e. The molecule has 0 radical (unpaired) electrons. The maximum atomic E-state index is 9.39. The van der Waals surface area contributed by atoms with Gasteiger partial charge in [-0.25, -0.2) is 0 Å². The molecule has 2 N–H and O–H groups in total. The van der Waals surface area contributed by atoms with Gasteiger partial charge in [-0.05, 0) is 37.0 Å². The molecule has 0 aromatic heterocycles. The number of rotatable bonds is 5. The van der Waals surface area contributed by atoms with Crippen LogP contribution in [0.5, 0.6) is 11.5 Å². The molecule has 0 saturated heterocycles. The van der Waals surface area contributed by atoms with Crippen molar-refractivity contribution in [1.29, 1.82) is 0 Å². The summed E-state index contributed by atoms with van der Waals surface area (Å²) in [5.41, 5.74) is 0.974. The van der Waals surface area contributed by atoms with E-state index >= 15 is 0 Å². The van der Waals surface area contributed by atoms with E-state index < -0.39 is 0 Å². The third-order valence-corrected chi connectivity index (χ3v) is 2.60. The van der Waals surface area contributed by atoms with Crippen LogP contribution in [0.15, 0.2) is 18.2 Å². The SMILES string of the molecule is CCO[C@H](Cc1ccc(O)c(O)c1)C(C)C. The summed E-state index contributed by atoms with van der Waals surface area (Å²) < 4.78 is 5.63. The van der Waals surface area contributed by atoms with E-state index in [0.29, 0.717) is 12.5 Å². The predicted octanol–water partition coefficient (Wildman–Crippen LogP) is 2.70. The van der Waals surface area contributed by atoms with Gasteiger partial charge in [-0.1, -0.05) is 19.9 Å². The van der Waals surface area contributed by atoms with E-state index in [1.54, 1.807) is 6.07 Å². The molecule has 0 unspecified atom stereocenters. The van der Waals surface area contributed by atoms with Gasteiger partial charge in [0.15, 0.2) is 11.5 Å². The fourth-order valence-electron chi connectivity index (χ4n) is 1.63. The molecule has 0 aliphatic rings. The van der Waals surface area contributed by atoms with E-state index in [2.05, 4.69) is 13.8 Å². The van der Waals surface area contributed by atoms with Crippen LogP contribution in [0.2, 0.25) is 0 Å². The smallest absolute Gasteiger partial charge is 0.157 e. The minimum atomic E-state index is -0.0822. The molecule has 0 saturated carbocycles. The van der Waals surface area contributed by atoms with Crippen molar-refractivity contribution in [3.8, 4) is 11.5 Å². The second kappa shape index (κ2) is 5.75. The lowest BCUT2D eigenvalue weighted by Crippen LogP contribution is -2.22. The van der Waals surface area contributed by atoms with E-state index in [4.69, 9.17) is 4.74 Å². The lowest BCUT2D eigenvalue weighted by molar-refractivity contribution is 0.0311. The van der Waals surface area contributed by atoms with E-state index in [1.165, 1.54) is 6.07 Å². The fraction of sp³-hybridized carbons (Fsp3) is 0.538. The van der Waals surface area contributed by atoms with Gasteiger partial charge in [-0.3, -0.25) is 0 Å². The molecule has 0 heterocycles. The quantitative estimate of drug-likeness (QED) is 0.756. The van der Waals surface area contributed by atoms with Gasteiger partial charge >= 0.3 is 0 Å². The maximum absolute atomic E-state index is 9.39. The molecule has 0 aliphatic heterocycles. The monoisotopic (exact) mass is 224 g/mol. The first-order chi connectivity index (χ1) is 7.54. The van der Waals surface area contributed by atoms with E-state index in [1.807, 2.05) is 13.0 Å². The molecular weight excluding hydrogens is 204 g/mol. The van der Waals surface area contributed by atoms with Gasteiger partial charge in [0.05, 0.1) is 6.10 Å². The molecule has 0 spiro atoms. The van der Waals surface area contributed by atoms with Crippen LogP contribution in [0.1, 0.15) is 26.3 Å². The van der Waals surface area contributed by atoms with Gasteiger partial charge in [0.2, 0.25) is 0 Å². The summed E-state index contributed by atoms with van der Waals surface area (Å²) in [7, 11) is 0. The summed E-state index contributed by atoms with van der Waals surface area (Å²) in [5.74, 6) is 0.272. The van der Waals surface area contributed by atoms with Gasteiger partial charge < -0.3 is 14.9 Å². The average Bonchev–Trinajstić information content (AvgIpc) is 2.22. The van der Waals surface area contributed by atoms with Crippen molar-refractivity contribution in [1.82, 2.24) is 0 Å². The third kappa shape index (κ3) is 3.42. The van der Waals surface area contributed by atoms with Crippen LogP contribution < -0.4 is 0 Å². The molecule has 0 bridgehead atoms. The van der Waals surface area contributed by atoms with Gasteiger partial charge in [0.25, 0.3) is 0 Å². The number of benzene rings is 1. The zero-order chi connectivity index (χ0) is 12.1. The molecule has 1 atom stereocenters. The van der Waals surface area contributed by atoms with Crippen LogP contribution in [0.4, 0.5) is 0 Å². The summed E-state index contributed by atoms with van der Waals surface area (Å²) in [4.78, 5) is 0. The highest BCUT2D eigenvalue weighted by Crippen LogP contribution is 2.26. The molecule has 0 amide bonds. The first-order valence-electron chi connectivity index (χ1n) is 5.67. The number of phenolic OH excluding ortho intramolecular Hbond substituents is 2. The highest BCUT2D eigenvalue weighted by Gasteiger charge is 2.14. The standard InChI is InChI=1S/C13H20O3/c1-4-16-13(9(2)3)8-10-5-6-11(14)12(15)7-10/h5-7,9,13-15H,4,8H2,1-3H3/t13-/m1/s1. The minimum absolute atomic E-state index is 0.0727. The highest BCUT2D eigenvalue weighted by atomic mass is 16.5. The maximum Gasteiger partial charge on any atom is 0.157 e. The number of hydrogen-bond acceptors (Lipinski definition) is 3. The Morgan fingerprint density at radius 2 is 1.88 bits per heavy atom. The second-order valence-electron chi connectivity index (χ2n) is 4.27. The Bertz CT molecular complexity index is 334. The average molecular weight is 224 g/mol. The molecule has 1 aromatic rings. The molecule has 0 fully saturated rings. The van der Waals surface area contributed by atoms with Crippen molar-refractivity contribution in [2.45, 2.75) is 33.3 Å². The topological polar surface area (TPSA) is 49.7 Å². The normalized spacial score (nSPS) is 13.0. The van der Waals surface area contributed by atoms with Crippen LogP contribution in [-0.2, 0) is 11.2 Å². The van der Waals surface area contributed by atoms with Crippen LogP contribution in [-0.4, -0.2) is 22.9 Å². The molecular formula is C13H20O3. The van der Waals surface area contributed by atoms with E-state index in [-0.39, 0.29) is 17.6 Å². The summed E-state index contributed by atoms with van der Waals surface area (Å²) in [5, 5.41) is 18.6. The molecule has 1 aromatic carbocycles. The Kier molecular flexibility index (Phi) is 4.62. The Balaban J connectivity index is 2.73. The van der Waals surface area contributed by atoms with Crippen molar-refractivity contribution in [3.63, 3.8) is 0 Å². The third-order valence-electron chi connectivity index (χ3n) is 2.60. The van der Waals surface area contributed by atoms with Gasteiger partial charge in [0, 0.05) is 6.61 Å². The zero-order valence-corrected chi connectivity index (χ0v) is 10.1. The lowest BCUT2D eigenvalue weighted by Gasteiger charge is -2.21. The second-order valence-corrected chi connectivity index (χ2v) is 4.27. The Hall–Kier alpha value is -1.22. The Morgan fingerprint density at radius 1 is 1.19 bits per heavy atom. The predicted molar refractivity (Wildman–Crippen MR) is 63.7 cm³/mol. The number of aromatic hydroxyl groups is 2. The van der Waals surface area contributed by atoms with Crippen molar-refractivity contribution in [3.05, 3.63) is 23.8 Å². The molecule has 3 nitrogen and oxygen atoms in total. The summed E-state index contributed by atoms with van der Waals surface area (Å²) in [6.07, 6.45) is 0.897. The lowest BCUT2D eigenvalue weighted by atomic mass is 9.99. The first-order valence-corrected chi connectivity index (χ1v) is 5.67. The van der Waals surface area contributed by atoms with Crippen molar-refractivity contribution in [2.75, 3.05) is 6.61 Å². The molecule has 16 heavy (non-hydrogen) atoms. The van der Waals surface area contributed by atoms with Crippen LogP contribution in [0.3, 0.4) is 0 Å². The van der Waals surface area contributed by atoms with Crippen LogP contribution >= 0.6 is 0 Å². The summed E-state index contributed by atoms with van der Waals surface area (Å²) in [6.45, 7) is 6.89. The zero-order valence-electron chi connectivity index (χ0n) is 10.1. The fourth-order valence-corrected chi connectivity index (χ4v) is 1.63. The van der Waals surface area contributed by atoms with Gasteiger partial charge in [0.1, 0.15) is 0 Å². The first kappa shape index (κ1) is 12.8. The minimum Gasteiger partial charge on any atom is -0.504 e. The number of phenols is 2. The number of hydrogen-bond donors (Lipinski definition) is 2. The van der Waals surface area contributed by atoms with Crippen molar-refractivity contribution >= 4 is 0 Å². The molecule has 3 heteroatoms. The number of ether oxygens (including phenoxy) is 1. The molecule has 90 valence electrons. The van der Waals surface area contributed by atoms with Crippen LogP contribution in [0, 0.1) is 5.92 Å². The van der Waals surface area contributed by atoms with Gasteiger partial charge in [-0.15, -0.1) is 0 Å². The van der Waals surface area contributed by atoms with Gasteiger partial charge in [-0.2, -0.15) is 0 Å². The van der Waals surface area contributed by atoms with Crippen LogP contribution in [0.25, 0.3) is 0 Å². The van der Waals surface area contributed by atoms with Crippen molar-refractivity contribution < 1.29 is 14.9 Å². The van der Waals surface area contributed by atoms with E-state index in [9.17, 15) is 10.2 Å². The Labute approximate surface area is 96.7 Å². The molecule has 0 aliphatic carbocycles. The summed E-state index contributed by atoms with van der Waals surface area (Å²) >= 11 is 0. The molecule has 1 rings (SSSR count). The van der Waals surface area contributed by atoms with E-state index in [0.717, 1.165) is 12.0 Å². The Morgan fingerprint density at radius 3 is 2.38 bits per heavy atom. The summed E-state index contributed by atoms with van der Waals surface area (Å²) in [6, 6.07) is 4.90. The van der Waals surface area contributed by atoms with Crippen molar-refractivity contribution in [2.24, 2.45) is 5.92 Å². The highest BCUT2D eigenvalue weighted by molar-refractivity contribution is 5.40.